The van der Waals surface area contributed by atoms with Crippen LogP contribution in [0.4, 0.5) is 34.1 Å². The van der Waals surface area contributed by atoms with Gasteiger partial charge in [-0.25, -0.2) is 0 Å². The molecule has 13 aromatic rings. The molecule has 0 bridgehead atoms. The van der Waals surface area contributed by atoms with E-state index in [1.165, 1.54) is 43.0 Å². The molecule has 11 aromatic carbocycles. The summed E-state index contributed by atoms with van der Waals surface area (Å²) in [4.78, 5) is 4.77. The van der Waals surface area contributed by atoms with Crippen LogP contribution in [0, 0.1) is 0 Å². The van der Waals surface area contributed by atoms with E-state index in [2.05, 4.69) is 254 Å². The summed E-state index contributed by atoms with van der Waals surface area (Å²) in [7, 11) is -3.57. The van der Waals surface area contributed by atoms with Gasteiger partial charge in [-0.1, -0.05) is 135 Å². The third kappa shape index (κ3) is 6.03. The van der Waals surface area contributed by atoms with Crippen molar-refractivity contribution in [1.29, 1.82) is 0 Å². The Kier molecular flexibility index (Phi) is 8.64. The Bertz CT molecular complexity index is 4130. The maximum Gasteiger partial charge on any atom is 0.136 e. The molecule has 0 aliphatic carbocycles. The second kappa shape index (κ2) is 15.0. The third-order valence-electron chi connectivity index (χ3n) is 16.1. The summed E-state index contributed by atoms with van der Waals surface area (Å²) >= 11 is 0. The van der Waals surface area contributed by atoms with Gasteiger partial charge in [-0.05, 0) is 174 Å². The maximum atomic E-state index is 6.78. The van der Waals surface area contributed by atoms with Crippen molar-refractivity contribution in [2.24, 2.45) is 0 Å². The SMILES string of the molecule is C[Si]1(C)c2ccccc2-c2cc(N(c3ccccc3)c3ccc4cc5c(cc4c3)oc3cc4c(cc35)oc3cc5cc(N(c6ccccc6)c6ccc7c(c6)-c6ccccc6[Si]7(C)C)ccc5cc34)ccc21. The van der Waals surface area contributed by atoms with Crippen LogP contribution in [0.3, 0.4) is 0 Å². The average Bonchev–Trinajstić information content (AvgIpc) is 4.08. The number of hydrogen-bond donors (Lipinski definition) is 0. The monoisotopic (exact) mass is 956 g/mol. The first-order valence-corrected chi connectivity index (χ1v) is 31.1. The minimum atomic E-state index is -1.78. The summed E-state index contributed by atoms with van der Waals surface area (Å²) in [6, 6.07) is 80.6. The van der Waals surface area contributed by atoms with Gasteiger partial charge in [0.25, 0.3) is 0 Å². The van der Waals surface area contributed by atoms with Crippen molar-refractivity contribution in [2.45, 2.75) is 26.2 Å². The Balaban J connectivity index is 0.808. The lowest BCUT2D eigenvalue weighted by Crippen LogP contribution is -2.49. The van der Waals surface area contributed by atoms with Crippen LogP contribution in [0.25, 0.3) is 87.7 Å². The molecule has 0 fully saturated rings. The zero-order chi connectivity index (χ0) is 48.0. The molecule has 0 atom stereocenters. The Morgan fingerprint density at radius 1 is 0.264 bits per heavy atom. The van der Waals surface area contributed by atoms with Crippen LogP contribution >= 0.6 is 0 Å². The Labute approximate surface area is 419 Å². The zero-order valence-electron chi connectivity index (χ0n) is 40.5. The van der Waals surface area contributed by atoms with Crippen molar-refractivity contribution >= 4 is 136 Å². The van der Waals surface area contributed by atoms with Crippen LogP contribution in [0.5, 0.6) is 0 Å². The van der Waals surface area contributed by atoms with Crippen molar-refractivity contribution < 1.29 is 8.83 Å². The van der Waals surface area contributed by atoms with Crippen LogP contribution in [0.2, 0.25) is 26.2 Å². The highest BCUT2D eigenvalue weighted by Crippen LogP contribution is 2.44. The number of rotatable bonds is 6. The number of furan rings is 2. The second-order valence-electron chi connectivity index (χ2n) is 21.0. The van der Waals surface area contributed by atoms with Gasteiger partial charge in [0.15, 0.2) is 0 Å². The van der Waals surface area contributed by atoms with E-state index in [4.69, 9.17) is 8.83 Å². The smallest absolute Gasteiger partial charge is 0.136 e. The standard InChI is InChI=1S/C66H48N2O2Si2/c1-71(2)63-21-13-11-19-51(63)57-37-49(27-29-65(57)71)67(45-15-7-5-8-16-45)47-25-23-41-33-53-55-39-62-56(40-61(55)69-59(53)35-43(41)31-47)54-34-42-24-26-48(32-44(42)36-60(54)70-62)68(46-17-9-6-10-18-46)50-28-30-66-58(38-50)52-20-12-14-22-64(52)72(66,3)4/h5-40H,1-4H3. The molecule has 0 N–H and O–H groups in total. The molecule has 0 spiro atoms. The van der Waals surface area contributed by atoms with Gasteiger partial charge in [0.05, 0.1) is 0 Å². The lowest BCUT2D eigenvalue weighted by Gasteiger charge is -2.27. The van der Waals surface area contributed by atoms with Gasteiger partial charge < -0.3 is 18.6 Å². The predicted molar refractivity (Wildman–Crippen MR) is 310 cm³/mol. The zero-order valence-corrected chi connectivity index (χ0v) is 42.5. The van der Waals surface area contributed by atoms with Crippen LogP contribution in [0.1, 0.15) is 0 Å². The van der Waals surface area contributed by atoms with E-state index >= 15 is 0 Å². The van der Waals surface area contributed by atoms with Crippen molar-refractivity contribution in [3.63, 3.8) is 0 Å². The fraction of sp³-hybridized carbons (Fsp3) is 0.0606. The molecule has 6 heteroatoms. The van der Waals surface area contributed by atoms with Gasteiger partial charge in [0, 0.05) is 55.7 Å². The number of para-hydroxylation sites is 2. The van der Waals surface area contributed by atoms with Gasteiger partial charge in [0.1, 0.15) is 38.5 Å². The number of benzene rings is 11. The van der Waals surface area contributed by atoms with Crippen LogP contribution in [0.15, 0.2) is 227 Å². The molecule has 15 rings (SSSR count). The van der Waals surface area contributed by atoms with Crippen molar-refractivity contribution in [3.8, 4) is 22.3 Å². The van der Waals surface area contributed by atoms with E-state index < -0.39 is 16.1 Å². The minimum absolute atomic E-state index is 0.850. The fourth-order valence-electron chi connectivity index (χ4n) is 12.5. The van der Waals surface area contributed by atoms with Crippen LogP contribution in [-0.4, -0.2) is 16.1 Å². The highest BCUT2D eigenvalue weighted by atomic mass is 28.3. The van der Waals surface area contributed by atoms with Gasteiger partial charge in [-0.2, -0.15) is 0 Å². The summed E-state index contributed by atoms with van der Waals surface area (Å²) < 4.78 is 13.6. The highest BCUT2D eigenvalue weighted by Gasteiger charge is 2.39. The molecule has 0 saturated carbocycles. The van der Waals surface area contributed by atoms with Gasteiger partial charge in [-0.15, -0.1) is 0 Å². The Morgan fingerprint density at radius 3 is 1.06 bits per heavy atom. The predicted octanol–water partition coefficient (Wildman–Crippen LogP) is 16.3. The molecule has 2 aliphatic rings. The first kappa shape index (κ1) is 41.4. The van der Waals surface area contributed by atoms with E-state index in [1.807, 2.05) is 0 Å². The van der Waals surface area contributed by atoms with Gasteiger partial charge in [-0.3, -0.25) is 0 Å². The van der Waals surface area contributed by atoms with E-state index in [0.717, 1.165) is 99.5 Å². The lowest BCUT2D eigenvalue weighted by molar-refractivity contribution is 0.664. The number of nitrogens with zero attached hydrogens (tertiary/aromatic N) is 2. The van der Waals surface area contributed by atoms with Crippen molar-refractivity contribution in [1.82, 2.24) is 0 Å². The highest BCUT2D eigenvalue weighted by molar-refractivity contribution is 7.04. The van der Waals surface area contributed by atoms with Gasteiger partial charge >= 0.3 is 0 Å². The normalized spacial score (nSPS) is 14.1. The molecule has 0 radical (unpaired) electrons. The van der Waals surface area contributed by atoms with E-state index in [9.17, 15) is 0 Å². The summed E-state index contributed by atoms with van der Waals surface area (Å²) in [5.41, 5.74) is 15.6. The number of anilines is 6. The minimum Gasteiger partial charge on any atom is -0.456 e. The molecule has 0 amide bonds. The molecule has 342 valence electrons. The van der Waals surface area contributed by atoms with Crippen LogP contribution in [-0.2, 0) is 0 Å². The molecule has 4 heterocycles. The van der Waals surface area contributed by atoms with E-state index in [1.54, 1.807) is 0 Å². The molecule has 72 heavy (non-hydrogen) atoms. The summed E-state index contributed by atoms with van der Waals surface area (Å²) in [6.07, 6.45) is 0. The molecule has 2 aliphatic heterocycles. The van der Waals surface area contributed by atoms with Gasteiger partial charge in [0.2, 0.25) is 0 Å². The average molecular weight is 957 g/mol. The lowest BCUT2D eigenvalue weighted by atomic mass is 10.0. The van der Waals surface area contributed by atoms with Crippen LogP contribution < -0.4 is 30.5 Å². The van der Waals surface area contributed by atoms with E-state index in [-0.39, 0.29) is 0 Å². The summed E-state index contributed by atoms with van der Waals surface area (Å²) in [5.74, 6) is 0. The second-order valence-corrected chi connectivity index (χ2v) is 29.6. The van der Waals surface area contributed by atoms with E-state index in [0.29, 0.717) is 0 Å². The Morgan fingerprint density at radius 2 is 0.611 bits per heavy atom. The van der Waals surface area contributed by atoms with Crippen molar-refractivity contribution in [2.75, 3.05) is 9.80 Å². The molecular weight excluding hydrogens is 909 g/mol. The topological polar surface area (TPSA) is 32.8 Å². The maximum absolute atomic E-state index is 6.78. The number of hydrogen-bond acceptors (Lipinski definition) is 4. The molecular formula is C66H48N2O2Si2. The fourth-order valence-corrected chi connectivity index (χ4v) is 18.7. The summed E-state index contributed by atoms with van der Waals surface area (Å²) in [6.45, 7) is 9.89. The van der Waals surface area contributed by atoms with Crippen molar-refractivity contribution in [3.05, 3.63) is 218 Å². The quantitative estimate of drug-likeness (QED) is 0.156. The molecule has 0 unspecified atom stereocenters. The molecule has 4 nitrogen and oxygen atoms in total. The first-order valence-electron chi connectivity index (χ1n) is 25.1. The largest absolute Gasteiger partial charge is 0.456 e. The molecule has 2 aromatic heterocycles. The Hall–Kier alpha value is -8.43. The molecule has 0 saturated heterocycles. The third-order valence-corrected chi connectivity index (χ3v) is 23.3. The summed E-state index contributed by atoms with van der Waals surface area (Å²) in [5, 5.41) is 14.8. The number of fused-ring (bicyclic) bond motifs is 14. The first-order chi connectivity index (χ1) is 35.2.